The van der Waals surface area contributed by atoms with Crippen LogP contribution in [0.4, 0.5) is 5.69 Å². The van der Waals surface area contributed by atoms with Crippen molar-refractivity contribution in [1.29, 1.82) is 0 Å². The smallest absolute Gasteiger partial charge is 0.169 e. The predicted octanol–water partition coefficient (Wildman–Crippen LogP) is 2.02. The van der Waals surface area contributed by atoms with E-state index in [1.165, 1.54) is 6.26 Å². The van der Waals surface area contributed by atoms with Gasteiger partial charge in [0.1, 0.15) is 5.37 Å². The Morgan fingerprint density at radius 2 is 2.15 bits per heavy atom. The van der Waals surface area contributed by atoms with E-state index in [0.29, 0.717) is 5.75 Å². The topological polar surface area (TPSA) is 63.4 Å². The summed E-state index contributed by atoms with van der Waals surface area (Å²) in [6.45, 7) is 2.79. The highest BCUT2D eigenvalue weighted by Crippen LogP contribution is 2.32. The summed E-state index contributed by atoms with van der Waals surface area (Å²) >= 11 is 1.70. The molecule has 0 amide bonds. The molecule has 1 saturated heterocycles. The first kappa shape index (κ1) is 15.7. The lowest BCUT2D eigenvalue weighted by Crippen LogP contribution is -2.47. The molecule has 0 aromatic heterocycles. The third-order valence-corrected chi connectivity index (χ3v) is 6.31. The van der Waals surface area contributed by atoms with Gasteiger partial charge in [-0.2, -0.15) is 11.8 Å². The fourth-order valence-corrected chi connectivity index (χ4v) is 5.33. The Kier molecular flexibility index (Phi) is 4.99. The molecule has 1 aromatic carbocycles. The van der Waals surface area contributed by atoms with E-state index >= 15 is 0 Å². The van der Waals surface area contributed by atoms with Crippen LogP contribution in [0, 0.1) is 0 Å². The molecule has 0 aliphatic carbocycles. The molecule has 20 heavy (non-hydrogen) atoms. The largest absolute Gasteiger partial charge is 0.353 e. The third-order valence-electron chi connectivity index (χ3n) is 3.66. The highest BCUT2D eigenvalue weighted by Gasteiger charge is 2.32. The molecule has 0 saturated carbocycles. The van der Waals surface area contributed by atoms with Crippen molar-refractivity contribution in [3.05, 3.63) is 29.8 Å². The van der Waals surface area contributed by atoms with E-state index in [1.807, 2.05) is 36.1 Å². The Labute approximate surface area is 125 Å². The van der Waals surface area contributed by atoms with Gasteiger partial charge in [0.15, 0.2) is 9.84 Å². The van der Waals surface area contributed by atoms with Crippen molar-refractivity contribution in [3.63, 3.8) is 0 Å². The zero-order valence-electron chi connectivity index (χ0n) is 12.0. The summed E-state index contributed by atoms with van der Waals surface area (Å²) in [5, 5.41) is -0.452. The first-order valence-electron chi connectivity index (χ1n) is 6.83. The van der Waals surface area contributed by atoms with Gasteiger partial charge >= 0.3 is 0 Å². The van der Waals surface area contributed by atoms with Gasteiger partial charge in [0.2, 0.25) is 0 Å². The molecule has 2 unspecified atom stereocenters. The average molecular weight is 314 g/mol. The van der Waals surface area contributed by atoms with E-state index in [4.69, 9.17) is 5.73 Å². The summed E-state index contributed by atoms with van der Waals surface area (Å²) in [4.78, 5) is 2.01. The summed E-state index contributed by atoms with van der Waals surface area (Å²) in [6.07, 6.45) is 2.15. The summed E-state index contributed by atoms with van der Waals surface area (Å²) in [5.41, 5.74) is 8.18. The highest BCUT2D eigenvalue weighted by molar-refractivity contribution is 8.01. The monoisotopic (exact) mass is 314 g/mol. The number of para-hydroxylation sites is 1. The van der Waals surface area contributed by atoms with Crippen molar-refractivity contribution in [3.8, 4) is 0 Å². The van der Waals surface area contributed by atoms with E-state index in [1.54, 1.807) is 11.8 Å². The van der Waals surface area contributed by atoms with Crippen LogP contribution in [0.2, 0.25) is 0 Å². The van der Waals surface area contributed by atoms with Crippen LogP contribution in [0.5, 0.6) is 0 Å². The molecule has 1 heterocycles. The number of rotatable bonds is 4. The van der Waals surface area contributed by atoms with Gasteiger partial charge in [-0.3, -0.25) is 0 Å². The van der Waals surface area contributed by atoms with E-state index in [2.05, 4.69) is 0 Å². The molecule has 0 bridgehead atoms. The number of nitrogens with zero attached hydrogens (tertiary/aromatic N) is 1. The van der Waals surface area contributed by atoms with Crippen LogP contribution in [0.1, 0.15) is 24.9 Å². The predicted molar refractivity (Wildman–Crippen MR) is 87.0 cm³/mol. The maximum absolute atomic E-state index is 12.0. The van der Waals surface area contributed by atoms with Crippen molar-refractivity contribution in [2.24, 2.45) is 5.73 Å². The Hall–Kier alpha value is -0.720. The van der Waals surface area contributed by atoms with Crippen LogP contribution in [-0.2, 0) is 9.84 Å². The molecular weight excluding hydrogens is 292 g/mol. The van der Waals surface area contributed by atoms with Gasteiger partial charge in [-0.25, -0.2) is 8.42 Å². The number of hydrogen-bond acceptors (Lipinski definition) is 5. The lowest BCUT2D eigenvalue weighted by molar-refractivity contribution is 0.583. The van der Waals surface area contributed by atoms with Crippen LogP contribution in [0.25, 0.3) is 0 Å². The molecule has 1 fully saturated rings. The summed E-state index contributed by atoms with van der Waals surface area (Å²) in [5.74, 6) is 1.57. The quantitative estimate of drug-likeness (QED) is 0.921. The number of benzene rings is 1. The zero-order valence-corrected chi connectivity index (χ0v) is 13.6. The zero-order chi connectivity index (χ0) is 14.8. The molecule has 1 aromatic rings. The van der Waals surface area contributed by atoms with Gasteiger partial charge in [0.05, 0.1) is 0 Å². The Bertz CT molecular complexity index is 560. The van der Waals surface area contributed by atoms with Crippen LogP contribution >= 0.6 is 11.8 Å². The SMILES string of the molecule is CCC(N)c1ccccc1N1CCSCC1S(C)(=O)=O. The molecule has 112 valence electrons. The molecule has 2 rings (SSSR count). The minimum absolute atomic E-state index is 0.0546. The average Bonchev–Trinajstić information content (AvgIpc) is 2.45. The maximum atomic E-state index is 12.0. The van der Waals surface area contributed by atoms with Crippen LogP contribution < -0.4 is 10.6 Å². The van der Waals surface area contributed by atoms with Gasteiger partial charge in [-0.05, 0) is 18.1 Å². The minimum Gasteiger partial charge on any atom is -0.353 e. The molecule has 1 aliphatic heterocycles. The first-order valence-corrected chi connectivity index (χ1v) is 9.93. The molecule has 0 spiro atoms. The van der Waals surface area contributed by atoms with E-state index < -0.39 is 15.2 Å². The fourth-order valence-electron chi connectivity index (χ4n) is 2.49. The van der Waals surface area contributed by atoms with Crippen molar-refractivity contribution in [1.82, 2.24) is 0 Å². The van der Waals surface area contributed by atoms with Gasteiger partial charge in [0.25, 0.3) is 0 Å². The first-order chi connectivity index (χ1) is 9.45. The number of hydrogen-bond donors (Lipinski definition) is 1. The number of thioether (sulfide) groups is 1. The molecule has 1 aliphatic rings. The van der Waals surface area contributed by atoms with Gasteiger partial charge < -0.3 is 10.6 Å². The molecule has 4 nitrogen and oxygen atoms in total. The molecular formula is C14H22N2O2S2. The Morgan fingerprint density at radius 1 is 1.45 bits per heavy atom. The lowest BCUT2D eigenvalue weighted by Gasteiger charge is -2.37. The van der Waals surface area contributed by atoms with E-state index in [9.17, 15) is 8.42 Å². The van der Waals surface area contributed by atoms with Crippen LogP contribution in [0.15, 0.2) is 24.3 Å². The van der Waals surface area contributed by atoms with Crippen molar-refractivity contribution >= 4 is 27.3 Å². The Balaban J connectivity index is 2.43. The van der Waals surface area contributed by atoms with Crippen LogP contribution in [0.3, 0.4) is 0 Å². The standard InChI is InChI=1S/C14H22N2O2S2/c1-3-12(15)11-6-4-5-7-13(11)16-8-9-19-10-14(16)20(2,17)18/h4-7,12,14H,3,8-10,15H2,1-2H3. The van der Waals surface area contributed by atoms with Crippen molar-refractivity contribution in [2.45, 2.75) is 24.8 Å². The van der Waals surface area contributed by atoms with Gasteiger partial charge in [-0.15, -0.1) is 0 Å². The molecule has 0 radical (unpaired) electrons. The summed E-state index contributed by atoms with van der Waals surface area (Å²) in [6, 6.07) is 7.84. The second-order valence-electron chi connectivity index (χ2n) is 5.13. The van der Waals surface area contributed by atoms with Crippen molar-refractivity contribution in [2.75, 3.05) is 29.2 Å². The summed E-state index contributed by atoms with van der Waals surface area (Å²) < 4.78 is 24.1. The number of nitrogens with two attached hydrogens (primary N) is 1. The highest BCUT2D eigenvalue weighted by atomic mass is 32.2. The second-order valence-corrected chi connectivity index (χ2v) is 8.48. The maximum Gasteiger partial charge on any atom is 0.169 e. The Morgan fingerprint density at radius 3 is 2.80 bits per heavy atom. The van der Waals surface area contributed by atoms with Gasteiger partial charge in [-0.1, -0.05) is 25.1 Å². The molecule has 6 heteroatoms. The lowest BCUT2D eigenvalue weighted by atomic mass is 10.0. The van der Waals surface area contributed by atoms with E-state index in [-0.39, 0.29) is 6.04 Å². The minimum atomic E-state index is -3.11. The number of anilines is 1. The normalized spacial score (nSPS) is 21.8. The molecule has 2 N–H and O–H groups in total. The second kappa shape index (κ2) is 6.37. The van der Waals surface area contributed by atoms with Crippen molar-refractivity contribution < 1.29 is 8.42 Å². The third kappa shape index (κ3) is 3.30. The summed E-state index contributed by atoms with van der Waals surface area (Å²) in [7, 11) is -3.11. The fraction of sp³-hybridized carbons (Fsp3) is 0.571. The number of sulfone groups is 1. The van der Waals surface area contributed by atoms with Crippen LogP contribution in [-0.4, -0.2) is 38.1 Å². The molecule has 2 atom stereocenters. The van der Waals surface area contributed by atoms with Gasteiger partial charge in [0, 0.05) is 36.0 Å². The van der Waals surface area contributed by atoms with E-state index in [0.717, 1.165) is 30.0 Å².